The van der Waals surface area contributed by atoms with E-state index in [1.54, 1.807) is 6.20 Å². The first-order valence-corrected chi connectivity index (χ1v) is 10.7. The van der Waals surface area contributed by atoms with Crippen LogP contribution in [0.4, 0.5) is 5.69 Å². The Labute approximate surface area is 176 Å². The molecule has 0 spiro atoms. The summed E-state index contributed by atoms with van der Waals surface area (Å²) in [6, 6.07) is 18.0. The van der Waals surface area contributed by atoms with Crippen molar-refractivity contribution in [3.8, 4) is 11.4 Å². The van der Waals surface area contributed by atoms with Gasteiger partial charge in [-0.15, -0.1) is 0 Å². The van der Waals surface area contributed by atoms with Gasteiger partial charge in [-0.1, -0.05) is 42.5 Å². The normalized spacial score (nSPS) is 18.7. The first-order valence-electron chi connectivity index (χ1n) is 10.7. The molecular weight excluding hydrogens is 376 g/mol. The van der Waals surface area contributed by atoms with Crippen LogP contribution in [-0.2, 0) is 12.8 Å². The van der Waals surface area contributed by atoms with Gasteiger partial charge >= 0.3 is 5.56 Å². The number of nitrogens with one attached hydrogen (secondary N) is 1. The smallest absolute Gasteiger partial charge is 0.316 e. The average Bonchev–Trinajstić information content (AvgIpc) is 2.81. The first kappa shape index (κ1) is 18.9. The van der Waals surface area contributed by atoms with Crippen molar-refractivity contribution < 1.29 is 4.74 Å². The zero-order valence-corrected chi connectivity index (χ0v) is 17.0. The Morgan fingerprint density at radius 1 is 0.967 bits per heavy atom. The molecule has 1 N–H and O–H groups in total. The van der Waals surface area contributed by atoms with Gasteiger partial charge < -0.3 is 15.0 Å². The molecule has 1 aliphatic carbocycles. The molecule has 0 bridgehead atoms. The fourth-order valence-corrected chi connectivity index (χ4v) is 4.36. The number of benzene rings is 2. The van der Waals surface area contributed by atoms with Crippen LogP contribution in [0.5, 0.6) is 5.75 Å². The lowest BCUT2D eigenvalue weighted by atomic mass is 9.90. The number of rotatable bonds is 4. The minimum atomic E-state index is -0.198. The molecule has 2 heterocycles. The molecule has 30 heavy (non-hydrogen) atoms. The summed E-state index contributed by atoms with van der Waals surface area (Å²) >= 11 is 0. The Hall–Kier alpha value is -3.12. The fraction of sp³-hybridized carbons (Fsp3) is 0.333. The summed E-state index contributed by atoms with van der Waals surface area (Å²) in [5.74, 6) is 0.417. The van der Waals surface area contributed by atoms with E-state index in [4.69, 9.17) is 4.74 Å². The number of para-hydroxylation sites is 1. The molecule has 1 aliphatic heterocycles. The number of hydrogen-bond donors (Lipinski definition) is 1. The average molecular weight is 402 g/mol. The van der Waals surface area contributed by atoms with Crippen molar-refractivity contribution in [2.45, 2.75) is 25.4 Å². The zero-order valence-electron chi connectivity index (χ0n) is 17.0. The molecule has 5 rings (SSSR count). The molecule has 6 nitrogen and oxygen atoms in total. The molecule has 1 atom stereocenters. The summed E-state index contributed by atoms with van der Waals surface area (Å²) in [6.07, 6.45) is 4.48. The molecule has 3 aromatic rings. The molecule has 1 saturated heterocycles. The number of aromatic nitrogens is 2. The van der Waals surface area contributed by atoms with Crippen LogP contribution in [0, 0.1) is 0 Å². The molecule has 2 aromatic carbocycles. The summed E-state index contributed by atoms with van der Waals surface area (Å²) in [4.78, 5) is 15.7. The summed E-state index contributed by atoms with van der Waals surface area (Å²) in [6.45, 7) is 3.44. The number of piperazine rings is 1. The second-order valence-corrected chi connectivity index (χ2v) is 7.90. The number of fused-ring (bicyclic) bond motifs is 1. The van der Waals surface area contributed by atoms with Crippen molar-refractivity contribution >= 4 is 5.69 Å². The van der Waals surface area contributed by atoms with E-state index in [9.17, 15) is 4.79 Å². The third-order valence-electron chi connectivity index (χ3n) is 5.96. The summed E-state index contributed by atoms with van der Waals surface area (Å²) in [5, 5.41) is 7.84. The van der Waals surface area contributed by atoms with Crippen LogP contribution in [0.2, 0.25) is 0 Å². The topological polar surface area (TPSA) is 59.4 Å². The van der Waals surface area contributed by atoms with E-state index in [1.807, 2.05) is 30.3 Å². The van der Waals surface area contributed by atoms with Crippen molar-refractivity contribution in [3.05, 3.63) is 82.3 Å². The van der Waals surface area contributed by atoms with Gasteiger partial charge in [0.25, 0.3) is 0 Å². The standard InChI is InChI=1S/C24H26N4O2/c29-24-23(30-21-11-10-18-6-4-5-7-19(18)16-21)22(27-14-12-25-13-15-27)17-26-28(24)20-8-2-1-3-9-20/h1-9,17,21,25H,10-16H2. The first-order chi connectivity index (χ1) is 14.8. The molecule has 0 saturated carbocycles. The Morgan fingerprint density at radius 2 is 1.70 bits per heavy atom. The Kier molecular flexibility index (Phi) is 5.24. The third-order valence-corrected chi connectivity index (χ3v) is 5.96. The number of anilines is 1. The lowest BCUT2D eigenvalue weighted by Crippen LogP contribution is -2.44. The van der Waals surface area contributed by atoms with E-state index in [1.165, 1.54) is 15.8 Å². The SMILES string of the molecule is O=c1c(OC2CCc3ccccc3C2)c(N2CCNCC2)cnn1-c1ccccc1. The number of nitrogens with zero attached hydrogens (tertiary/aromatic N) is 3. The van der Waals surface area contributed by atoms with Gasteiger partial charge in [-0.3, -0.25) is 4.79 Å². The zero-order chi connectivity index (χ0) is 20.3. The summed E-state index contributed by atoms with van der Waals surface area (Å²) in [5.41, 5.74) is 4.04. The predicted octanol–water partition coefficient (Wildman–Crippen LogP) is 2.58. The molecule has 1 unspecified atom stereocenters. The summed E-state index contributed by atoms with van der Waals surface area (Å²) < 4.78 is 7.90. The van der Waals surface area contributed by atoms with Crippen LogP contribution in [0.1, 0.15) is 17.5 Å². The lowest BCUT2D eigenvalue weighted by molar-refractivity contribution is 0.181. The minimum absolute atomic E-state index is 0.0131. The van der Waals surface area contributed by atoms with Crippen LogP contribution in [0.15, 0.2) is 65.6 Å². The molecule has 1 aromatic heterocycles. The minimum Gasteiger partial charge on any atom is -0.483 e. The fourth-order valence-electron chi connectivity index (χ4n) is 4.36. The van der Waals surface area contributed by atoms with Crippen LogP contribution in [-0.4, -0.2) is 42.1 Å². The van der Waals surface area contributed by atoms with Gasteiger partial charge in [0.05, 0.1) is 11.9 Å². The maximum absolute atomic E-state index is 13.5. The molecule has 154 valence electrons. The van der Waals surface area contributed by atoms with Gasteiger partial charge in [-0.05, 0) is 36.1 Å². The van der Waals surface area contributed by atoms with Gasteiger partial charge in [0.15, 0.2) is 0 Å². The number of aryl methyl sites for hydroxylation is 1. The second kappa shape index (κ2) is 8.32. The Morgan fingerprint density at radius 3 is 2.50 bits per heavy atom. The number of ether oxygens (including phenoxy) is 1. The van der Waals surface area contributed by atoms with E-state index in [-0.39, 0.29) is 11.7 Å². The number of hydrogen-bond acceptors (Lipinski definition) is 5. The molecule has 0 amide bonds. The highest BCUT2D eigenvalue weighted by atomic mass is 16.5. The Bertz CT molecular complexity index is 1070. The highest BCUT2D eigenvalue weighted by Crippen LogP contribution is 2.29. The monoisotopic (exact) mass is 402 g/mol. The van der Waals surface area contributed by atoms with Crippen molar-refractivity contribution in [3.63, 3.8) is 0 Å². The largest absolute Gasteiger partial charge is 0.483 e. The van der Waals surface area contributed by atoms with E-state index in [0.29, 0.717) is 5.75 Å². The van der Waals surface area contributed by atoms with E-state index >= 15 is 0 Å². The van der Waals surface area contributed by atoms with Gasteiger partial charge in [-0.25, -0.2) is 0 Å². The highest BCUT2D eigenvalue weighted by Gasteiger charge is 2.26. The van der Waals surface area contributed by atoms with Crippen LogP contribution in [0.3, 0.4) is 0 Å². The Balaban J connectivity index is 1.51. The third kappa shape index (κ3) is 3.71. The van der Waals surface area contributed by atoms with Gasteiger partial charge in [0, 0.05) is 32.6 Å². The summed E-state index contributed by atoms with van der Waals surface area (Å²) in [7, 11) is 0. The van der Waals surface area contributed by atoms with E-state index in [0.717, 1.165) is 56.8 Å². The lowest BCUT2D eigenvalue weighted by Gasteiger charge is -2.32. The van der Waals surface area contributed by atoms with Crippen molar-refractivity contribution in [2.24, 2.45) is 0 Å². The van der Waals surface area contributed by atoms with E-state index in [2.05, 4.69) is 39.6 Å². The van der Waals surface area contributed by atoms with Crippen molar-refractivity contribution in [1.29, 1.82) is 0 Å². The van der Waals surface area contributed by atoms with Crippen molar-refractivity contribution in [1.82, 2.24) is 15.1 Å². The molecule has 6 heteroatoms. The van der Waals surface area contributed by atoms with Crippen LogP contribution >= 0.6 is 0 Å². The quantitative estimate of drug-likeness (QED) is 0.727. The molecule has 1 fully saturated rings. The maximum Gasteiger partial charge on any atom is 0.316 e. The molecule has 2 aliphatic rings. The molecule has 0 radical (unpaired) electrons. The van der Waals surface area contributed by atoms with Gasteiger partial charge in [0.1, 0.15) is 11.8 Å². The van der Waals surface area contributed by atoms with Crippen LogP contribution in [0.25, 0.3) is 5.69 Å². The second-order valence-electron chi connectivity index (χ2n) is 7.90. The van der Waals surface area contributed by atoms with Crippen LogP contribution < -0.4 is 20.5 Å². The molecular formula is C24H26N4O2. The maximum atomic E-state index is 13.5. The van der Waals surface area contributed by atoms with Crippen molar-refractivity contribution in [2.75, 3.05) is 31.1 Å². The van der Waals surface area contributed by atoms with E-state index < -0.39 is 0 Å². The predicted molar refractivity (Wildman–Crippen MR) is 118 cm³/mol. The van der Waals surface area contributed by atoms with Gasteiger partial charge in [-0.2, -0.15) is 9.78 Å². The highest BCUT2D eigenvalue weighted by molar-refractivity contribution is 5.57. The van der Waals surface area contributed by atoms with Gasteiger partial charge in [0.2, 0.25) is 5.75 Å².